The molecule has 1 heterocycles. The van der Waals surface area contributed by atoms with Crippen molar-refractivity contribution in [3.05, 3.63) is 168 Å². The second-order valence-corrected chi connectivity index (χ2v) is 18.7. The fourth-order valence-electron chi connectivity index (χ4n) is 12.7. The number of para-hydroxylation sites is 1. The van der Waals surface area contributed by atoms with E-state index in [4.69, 9.17) is 0 Å². The zero-order valence-corrected chi connectivity index (χ0v) is 33.2. The lowest BCUT2D eigenvalue weighted by molar-refractivity contribution is -0.00518. The van der Waals surface area contributed by atoms with Gasteiger partial charge in [0.15, 0.2) is 0 Å². The van der Waals surface area contributed by atoms with E-state index in [9.17, 15) is 0 Å². The number of hydrogen-bond donors (Lipinski definition) is 0. The second kappa shape index (κ2) is 12.4. The van der Waals surface area contributed by atoms with Crippen LogP contribution in [0.3, 0.4) is 0 Å². The minimum absolute atomic E-state index is 0.0641. The van der Waals surface area contributed by atoms with Crippen molar-refractivity contribution in [2.75, 3.05) is 4.90 Å². The predicted molar refractivity (Wildman–Crippen MR) is 240 cm³/mol. The van der Waals surface area contributed by atoms with Gasteiger partial charge in [-0.15, -0.1) is 0 Å². The van der Waals surface area contributed by atoms with Crippen LogP contribution in [0.1, 0.15) is 81.9 Å². The molecule has 0 unspecified atom stereocenters. The van der Waals surface area contributed by atoms with Crippen molar-refractivity contribution in [1.82, 2.24) is 4.57 Å². The highest BCUT2D eigenvalue weighted by Crippen LogP contribution is 2.61. The molecule has 4 fully saturated rings. The largest absolute Gasteiger partial charge is 0.310 e. The van der Waals surface area contributed by atoms with Crippen molar-refractivity contribution in [1.29, 1.82) is 0 Å². The number of rotatable bonds is 6. The maximum absolute atomic E-state index is 2.50. The maximum atomic E-state index is 2.50. The lowest BCUT2D eigenvalue weighted by Gasteiger charge is -2.57. The van der Waals surface area contributed by atoms with Crippen molar-refractivity contribution in [2.45, 2.75) is 76.0 Å². The van der Waals surface area contributed by atoms with E-state index in [2.05, 4.69) is 175 Å². The van der Waals surface area contributed by atoms with Gasteiger partial charge in [0.1, 0.15) is 0 Å². The van der Waals surface area contributed by atoms with E-state index in [1.54, 1.807) is 5.56 Å². The summed E-state index contributed by atoms with van der Waals surface area (Å²) in [5.74, 6) is 2.82. The van der Waals surface area contributed by atoms with Crippen LogP contribution in [-0.2, 0) is 10.8 Å². The Morgan fingerprint density at radius 3 is 1.91 bits per heavy atom. The standard InChI is InChI=1S/C55H50N2/c1-54(2)50-14-8-6-12-46(50)47-26-25-45(32-51(47)54)56(44-23-19-41(20-24-44)55-33-36-28-37(34-55)30-38(29-36)35-55)43-21-16-39(17-22-43)40-18-27-53-49(31-40)48-13-7-9-15-52(48)57(53)42-10-4-3-5-11-42/h4,6-27,31-32,36-38H,3,5,28-30,33-35H2,1-2H3. The molecule has 0 atom stereocenters. The van der Waals surface area contributed by atoms with Crippen molar-refractivity contribution >= 4 is 44.6 Å². The van der Waals surface area contributed by atoms with Gasteiger partial charge in [0.25, 0.3) is 0 Å². The van der Waals surface area contributed by atoms with E-state index >= 15 is 0 Å². The average Bonchev–Trinajstić information content (AvgIpc) is 3.69. The molecular weight excluding hydrogens is 689 g/mol. The van der Waals surface area contributed by atoms with Gasteiger partial charge in [-0.25, -0.2) is 0 Å². The summed E-state index contributed by atoms with van der Waals surface area (Å²) in [5.41, 5.74) is 17.4. The highest BCUT2D eigenvalue weighted by molar-refractivity contribution is 6.11. The third kappa shape index (κ3) is 5.15. The molecule has 0 aliphatic heterocycles. The van der Waals surface area contributed by atoms with E-state index < -0.39 is 0 Å². The van der Waals surface area contributed by atoms with Gasteiger partial charge in [-0.05, 0) is 174 Å². The first-order chi connectivity index (χ1) is 27.9. The highest BCUT2D eigenvalue weighted by Gasteiger charge is 2.51. The molecule has 6 aliphatic rings. The van der Waals surface area contributed by atoms with E-state index in [0.717, 1.165) is 30.6 Å². The Morgan fingerprint density at radius 1 is 0.544 bits per heavy atom. The van der Waals surface area contributed by atoms with Crippen LogP contribution in [0.25, 0.3) is 49.8 Å². The van der Waals surface area contributed by atoms with Crippen molar-refractivity contribution in [2.24, 2.45) is 17.8 Å². The number of nitrogens with zero attached hydrogens (tertiary/aromatic N) is 2. The van der Waals surface area contributed by atoms with E-state index in [0.29, 0.717) is 5.41 Å². The Hall–Kier alpha value is -5.60. The fraction of sp³-hybridized carbons (Fsp3) is 0.273. The maximum Gasteiger partial charge on any atom is 0.0541 e. The van der Waals surface area contributed by atoms with Crippen molar-refractivity contribution in [3.8, 4) is 22.3 Å². The molecule has 13 rings (SSSR count). The summed E-state index contributed by atoms with van der Waals surface area (Å²) in [6.45, 7) is 4.77. The van der Waals surface area contributed by atoms with Crippen LogP contribution < -0.4 is 4.90 Å². The number of fused-ring (bicyclic) bond motifs is 6. The summed E-state index contributed by atoms with van der Waals surface area (Å²) in [5, 5.41) is 2.60. The topological polar surface area (TPSA) is 8.17 Å². The molecule has 4 bridgehead atoms. The minimum Gasteiger partial charge on any atom is -0.310 e. The van der Waals surface area contributed by atoms with Crippen molar-refractivity contribution in [3.63, 3.8) is 0 Å². The monoisotopic (exact) mass is 738 g/mol. The zero-order chi connectivity index (χ0) is 37.9. The molecule has 0 N–H and O–H groups in total. The molecule has 2 heteroatoms. The number of allylic oxidation sites excluding steroid dienone is 4. The fourth-order valence-corrected chi connectivity index (χ4v) is 12.7. The third-order valence-electron chi connectivity index (χ3n) is 15.0. The minimum atomic E-state index is -0.0641. The third-order valence-corrected chi connectivity index (χ3v) is 15.0. The smallest absolute Gasteiger partial charge is 0.0541 e. The summed E-state index contributed by atoms with van der Waals surface area (Å²) in [6, 6.07) is 51.2. The normalized spacial score (nSPS) is 23.8. The van der Waals surface area contributed by atoms with Gasteiger partial charge in [-0.1, -0.05) is 105 Å². The van der Waals surface area contributed by atoms with Crippen LogP contribution >= 0.6 is 0 Å². The number of hydrogen-bond acceptors (Lipinski definition) is 1. The van der Waals surface area contributed by atoms with Crippen LogP contribution in [0.15, 0.2) is 152 Å². The molecule has 0 radical (unpaired) electrons. The summed E-state index contributed by atoms with van der Waals surface area (Å²) in [4.78, 5) is 2.49. The van der Waals surface area contributed by atoms with Gasteiger partial charge in [-0.3, -0.25) is 0 Å². The molecule has 6 aliphatic carbocycles. The van der Waals surface area contributed by atoms with Crippen LogP contribution in [0.5, 0.6) is 0 Å². The molecule has 1 aromatic heterocycles. The Labute approximate surface area is 337 Å². The van der Waals surface area contributed by atoms with Gasteiger partial charge >= 0.3 is 0 Å². The Kier molecular flexibility index (Phi) is 7.32. The molecule has 0 saturated heterocycles. The SMILES string of the molecule is CC1(C)c2ccccc2-c2ccc(N(c3ccc(-c4ccc5c(c4)c4ccccc4n5C4=CCCC=C4)cc3)c3ccc(C45CC6CC(CC(C6)C4)C5)cc3)cc21. The van der Waals surface area contributed by atoms with Gasteiger partial charge in [-0.2, -0.15) is 0 Å². The van der Waals surface area contributed by atoms with Gasteiger partial charge in [0, 0.05) is 38.9 Å². The van der Waals surface area contributed by atoms with Crippen LogP contribution in [0.2, 0.25) is 0 Å². The quantitative estimate of drug-likeness (QED) is 0.165. The number of anilines is 3. The zero-order valence-electron chi connectivity index (χ0n) is 33.2. The lowest BCUT2D eigenvalue weighted by Crippen LogP contribution is -2.48. The molecule has 4 saturated carbocycles. The molecule has 0 amide bonds. The average molecular weight is 739 g/mol. The van der Waals surface area contributed by atoms with Crippen LogP contribution in [0.4, 0.5) is 17.1 Å². The van der Waals surface area contributed by atoms with Gasteiger partial charge < -0.3 is 9.47 Å². The summed E-state index contributed by atoms with van der Waals surface area (Å²) < 4.78 is 2.44. The first-order valence-electron chi connectivity index (χ1n) is 21.6. The van der Waals surface area contributed by atoms with E-state index in [-0.39, 0.29) is 5.41 Å². The molecule has 7 aromatic rings. The Morgan fingerprint density at radius 2 is 1.18 bits per heavy atom. The summed E-state index contributed by atoms with van der Waals surface area (Å²) >= 11 is 0. The highest BCUT2D eigenvalue weighted by atomic mass is 15.1. The van der Waals surface area contributed by atoms with E-state index in [1.807, 2.05) is 0 Å². The van der Waals surface area contributed by atoms with Gasteiger partial charge in [0.05, 0.1) is 11.0 Å². The lowest BCUT2D eigenvalue weighted by atomic mass is 9.48. The first-order valence-corrected chi connectivity index (χ1v) is 21.6. The molecular formula is C55H50N2. The molecule has 0 spiro atoms. The molecule has 57 heavy (non-hydrogen) atoms. The van der Waals surface area contributed by atoms with Crippen LogP contribution in [0, 0.1) is 17.8 Å². The summed E-state index contributed by atoms with van der Waals surface area (Å²) in [7, 11) is 0. The second-order valence-electron chi connectivity index (χ2n) is 18.7. The number of aromatic nitrogens is 1. The number of benzene rings is 6. The predicted octanol–water partition coefficient (Wildman–Crippen LogP) is 14.9. The Balaban J connectivity index is 0.943. The molecule has 2 nitrogen and oxygen atoms in total. The van der Waals surface area contributed by atoms with Crippen LogP contribution in [-0.4, -0.2) is 4.57 Å². The Bertz CT molecular complexity index is 2750. The first kappa shape index (κ1) is 33.5. The van der Waals surface area contributed by atoms with E-state index in [1.165, 1.54) is 116 Å². The molecule has 6 aromatic carbocycles. The summed E-state index contributed by atoms with van der Waals surface area (Å²) in [6.07, 6.45) is 17.8. The van der Waals surface area contributed by atoms with Crippen molar-refractivity contribution < 1.29 is 0 Å². The molecule has 280 valence electrons. The van der Waals surface area contributed by atoms with Gasteiger partial charge in [0.2, 0.25) is 0 Å².